The van der Waals surface area contributed by atoms with Gasteiger partial charge in [0.15, 0.2) is 11.6 Å². The van der Waals surface area contributed by atoms with Crippen molar-refractivity contribution in [1.82, 2.24) is 5.32 Å². The average molecular weight is 267 g/mol. The van der Waals surface area contributed by atoms with Crippen LogP contribution in [0.5, 0.6) is 5.75 Å². The Bertz CT molecular complexity index is 405. The van der Waals surface area contributed by atoms with Gasteiger partial charge in [0.1, 0.15) is 6.10 Å². The van der Waals surface area contributed by atoms with Gasteiger partial charge < -0.3 is 14.8 Å². The van der Waals surface area contributed by atoms with Crippen molar-refractivity contribution in [3.8, 4) is 5.75 Å². The van der Waals surface area contributed by atoms with Gasteiger partial charge in [0, 0.05) is 18.9 Å². The molecule has 1 aromatic rings. The fraction of sp³-hybridized carbons (Fsp3) is 0.600. The minimum Gasteiger partial charge on any atom is -0.487 e. The van der Waals surface area contributed by atoms with Gasteiger partial charge >= 0.3 is 0 Å². The summed E-state index contributed by atoms with van der Waals surface area (Å²) >= 11 is 0. The fourth-order valence-electron chi connectivity index (χ4n) is 2.28. The third-order valence-corrected chi connectivity index (χ3v) is 3.43. The number of nitrogens with one attached hydrogen (secondary N) is 1. The minimum atomic E-state index is -0.284. The molecule has 0 bridgehead atoms. The highest BCUT2D eigenvalue weighted by atomic mass is 19.1. The Labute approximate surface area is 114 Å². The summed E-state index contributed by atoms with van der Waals surface area (Å²) in [6.45, 7) is 6.32. The zero-order chi connectivity index (χ0) is 13.7. The molecule has 0 radical (unpaired) electrons. The smallest absolute Gasteiger partial charge is 0.165 e. The maximum atomic E-state index is 14.0. The zero-order valence-corrected chi connectivity index (χ0v) is 11.6. The van der Waals surface area contributed by atoms with Gasteiger partial charge in [-0.2, -0.15) is 0 Å². The molecule has 0 spiro atoms. The van der Waals surface area contributed by atoms with Gasteiger partial charge in [0.05, 0.1) is 13.2 Å². The largest absolute Gasteiger partial charge is 0.487 e. The number of rotatable bonds is 5. The van der Waals surface area contributed by atoms with Gasteiger partial charge in [-0.1, -0.05) is 13.0 Å². The first-order chi connectivity index (χ1) is 9.20. The summed E-state index contributed by atoms with van der Waals surface area (Å²) in [6.07, 6.45) is 1.73. The van der Waals surface area contributed by atoms with Crippen LogP contribution in [0.25, 0.3) is 0 Å². The van der Waals surface area contributed by atoms with E-state index in [0.717, 1.165) is 24.9 Å². The number of benzene rings is 1. The Morgan fingerprint density at radius 2 is 2.16 bits per heavy atom. The van der Waals surface area contributed by atoms with Gasteiger partial charge in [0.25, 0.3) is 0 Å². The number of halogens is 1. The quantitative estimate of drug-likeness (QED) is 0.889. The van der Waals surface area contributed by atoms with Crippen molar-refractivity contribution in [2.24, 2.45) is 0 Å². The molecule has 4 heteroatoms. The van der Waals surface area contributed by atoms with Crippen molar-refractivity contribution in [2.75, 3.05) is 19.8 Å². The molecule has 0 saturated carbocycles. The lowest BCUT2D eigenvalue weighted by atomic mass is 10.1. The first kappa shape index (κ1) is 14.3. The normalized spacial score (nSPS) is 18.3. The molecule has 0 aromatic heterocycles. The molecule has 1 unspecified atom stereocenters. The van der Waals surface area contributed by atoms with Crippen molar-refractivity contribution in [3.63, 3.8) is 0 Å². The van der Waals surface area contributed by atoms with Crippen LogP contribution in [-0.2, 0) is 4.74 Å². The van der Waals surface area contributed by atoms with E-state index >= 15 is 0 Å². The second-order valence-corrected chi connectivity index (χ2v) is 4.90. The highest BCUT2D eigenvalue weighted by Gasteiger charge is 2.17. The van der Waals surface area contributed by atoms with Crippen LogP contribution in [-0.4, -0.2) is 25.9 Å². The van der Waals surface area contributed by atoms with Crippen LogP contribution in [0.3, 0.4) is 0 Å². The summed E-state index contributed by atoms with van der Waals surface area (Å²) in [5.41, 5.74) is 0.943. The lowest BCUT2D eigenvalue weighted by molar-refractivity contribution is 0.0240. The molecule has 1 heterocycles. The van der Waals surface area contributed by atoms with Crippen LogP contribution in [0.4, 0.5) is 4.39 Å². The van der Waals surface area contributed by atoms with E-state index in [9.17, 15) is 4.39 Å². The lowest BCUT2D eigenvalue weighted by Crippen LogP contribution is -2.26. The zero-order valence-electron chi connectivity index (χ0n) is 11.6. The Kier molecular flexibility index (Phi) is 5.16. The maximum absolute atomic E-state index is 14.0. The molecular formula is C15H22FNO2. The van der Waals surface area contributed by atoms with Gasteiger partial charge in [-0.3, -0.25) is 0 Å². The summed E-state index contributed by atoms with van der Waals surface area (Å²) in [7, 11) is 0. The second kappa shape index (κ2) is 6.87. The molecule has 19 heavy (non-hydrogen) atoms. The van der Waals surface area contributed by atoms with Crippen LogP contribution >= 0.6 is 0 Å². The molecule has 106 valence electrons. The van der Waals surface area contributed by atoms with E-state index < -0.39 is 0 Å². The topological polar surface area (TPSA) is 30.5 Å². The second-order valence-electron chi connectivity index (χ2n) is 4.90. The molecular weight excluding hydrogens is 245 g/mol. The van der Waals surface area contributed by atoms with E-state index in [2.05, 4.69) is 5.32 Å². The lowest BCUT2D eigenvalue weighted by Gasteiger charge is -2.24. The highest BCUT2D eigenvalue weighted by Crippen LogP contribution is 2.24. The van der Waals surface area contributed by atoms with Gasteiger partial charge in [-0.05, 0) is 31.2 Å². The van der Waals surface area contributed by atoms with Crippen molar-refractivity contribution in [1.29, 1.82) is 0 Å². The van der Waals surface area contributed by atoms with Gasteiger partial charge in [0.2, 0.25) is 0 Å². The summed E-state index contributed by atoms with van der Waals surface area (Å²) in [6, 6.07) is 5.36. The Balaban J connectivity index is 2.01. The van der Waals surface area contributed by atoms with Crippen LogP contribution in [0, 0.1) is 5.82 Å². The molecule has 1 aliphatic rings. The first-order valence-electron chi connectivity index (χ1n) is 6.98. The van der Waals surface area contributed by atoms with Gasteiger partial charge in [-0.25, -0.2) is 4.39 Å². The summed E-state index contributed by atoms with van der Waals surface area (Å²) in [4.78, 5) is 0. The van der Waals surface area contributed by atoms with Crippen molar-refractivity contribution < 1.29 is 13.9 Å². The predicted molar refractivity (Wildman–Crippen MR) is 73.0 cm³/mol. The summed E-state index contributed by atoms with van der Waals surface area (Å²) in [5, 5.41) is 3.27. The van der Waals surface area contributed by atoms with E-state index in [1.54, 1.807) is 12.1 Å². The molecule has 1 saturated heterocycles. The monoisotopic (exact) mass is 267 g/mol. The van der Waals surface area contributed by atoms with Crippen LogP contribution in [0.2, 0.25) is 0 Å². The molecule has 3 nitrogen and oxygen atoms in total. The van der Waals surface area contributed by atoms with Gasteiger partial charge in [-0.15, -0.1) is 0 Å². The number of ether oxygens (including phenoxy) is 2. The third-order valence-electron chi connectivity index (χ3n) is 3.43. The standard InChI is InChI=1S/C15H22FNO2/c1-3-17-11(2)12-4-5-15(14(16)10-12)19-13-6-8-18-9-7-13/h4-5,10-11,13,17H,3,6-9H2,1-2H3. The van der Waals surface area contributed by atoms with E-state index in [1.807, 2.05) is 19.9 Å². The molecule has 1 atom stereocenters. The van der Waals surface area contributed by atoms with Crippen LogP contribution in [0.1, 0.15) is 38.3 Å². The summed E-state index contributed by atoms with van der Waals surface area (Å²) < 4.78 is 25.0. The molecule has 1 aromatic carbocycles. The minimum absolute atomic E-state index is 0.0697. The molecule has 0 aliphatic carbocycles. The Morgan fingerprint density at radius 3 is 2.79 bits per heavy atom. The van der Waals surface area contributed by atoms with Crippen LogP contribution in [0.15, 0.2) is 18.2 Å². The average Bonchev–Trinajstić information content (AvgIpc) is 2.42. The number of hydrogen-bond acceptors (Lipinski definition) is 3. The van der Waals surface area contributed by atoms with E-state index in [1.165, 1.54) is 0 Å². The summed E-state index contributed by atoms with van der Waals surface area (Å²) in [5.74, 6) is 0.0630. The molecule has 0 amide bonds. The van der Waals surface area contributed by atoms with Crippen molar-refractivity contribution in [2.45, 2.75) is 38.8 Å². The van der Waals surface area contributed by atoms with E-state index in [-0.39, 0.29) is 18.0 Å². The van der Waals surface area contributed by atoms with Crippen LogP contribution < -0.4 is 10.1 Å². The third kappa shape index (κ3) is 3.91. The molecule has 1 fully saturated rings. The first-order valence-corrected chi connectivity index (χ1v) is 6.98. The SMILES string of the molecule is CCNC(C)c1ccc(OC2CCOCC2)c(F)c1. The predicted octanol–water partition coefficient (Wildman–Crippen LogP) is 3.05. The number of hydrogen-bond donors (Lipinski definition) is 1. The molecule has 2 rings (SSSR count). The molecule has 1 aliphatic heterocycles. The van der Waals surface area contributed by atoms with Crippen molar-refractivity contribution in [3.05, 3.63) is 29.6 Å². The maximum Gasteiger partial charge on any atom is 0.165 e. The Morgan fingerprint density at radius 1 is 1.42 bits per heavy atom. The molecule has 1 N–H and O–H groups in total. The van der Waals surface area contributed by atoms with E-state index in [4.69, 9.17) is 9.47 Å². The fourth-order valence-corrected chi connectivity index (χ4v) is 2.28. The van der Waals surface area contributed by atoms with E-state index in [0.29, 0.717) is 19.0 Å². The van der Waals surface area contributed by atoms with Crippen molar-refractivity contribution >= 4 is 0 Å². The highest BCUT2D eigenvalue weighted by molar-refractivity contribution is 5.31. The Hall–Kier alpha value is -1.13.